The van der Waals surface area contributed by atoms with Crippen LogP contribution in [0.25, 0.3) is 5.57 Å². The molecule has 0 nitrogen and oxygen atoms in total. The summed E-state index contributed by atoms with van der Waals surface area (Å²) in [4.78, 5) is 0. The molecule has 0 saturated carbocycles. The van der Waals surface area contributed by atoms with Crippen molar-refractivity contribution in [2.24, 2.45) is 0 Å². The van der Waals surface area contributed by atoms with Gasteiger partial charge in [-0.1, -0.05) is 79.4 Å². The van der Waals surface area contributed by atoms with Crippen molar-refractivity contribution in [2.45, 2.75) is 13.8 Å². The zero-order chi connectivity index (χ0) is 13.4. The zero-order valence-corrected chi connectivity index (χ0v) is 11.2. The van der Waals surface area contributed by atoms with Crippen LogP contribution in [0.2, 0.25) is 0 Å². The highest BCUT2D eigenvalue weighted by atomic mass is 14.1. The Morgan fingerprint density at radius 2 is 1.72 bits per heavy atom. The first-order valence-electron chi connectivity index (χ1n) is 6.04. The van der Waals surface area contributed by atoms with E-state index < -0.39 is 0 Å². The van der Waals surface area contributed by atoms with Gasteiger partial charge in [-0.2, -0.15) is 0 Å². The highest BCUT2D eigenvalue weighted by Gasteiger charge is 2.02. The third-order valence-electron chi connectivity index (χ3n) is 2.49. The van der Waals surface area contributed by atoms with E-state index in [-0.39, 0.29) is 0 Å². The molecular weight excluding hydrogens is 216 g/mol. The fourth-order valence-corrected chi connectivity index (χ4v) is 1.66. The molecule has 0 unspecified atom stereocenters. The molecule has 0 fully saturated rings. The summed E-state index contributed by atoms with van der Waals surface area (Å²) in [5.74, 6) is 0. The number of rotatable bonds is 5. The number of allylic oxidation sites excluding steroid dienone is 8. The topological polar surface area (TPSA) is 0 Å². The molecule has 0 aromatic heterocycles. The molecule has 0 radical (unpaired) electrons. The van der Waals surface area contributed by atoms with Gasteiger partial charge in [0, 0.05) is 0 Å². The van der Waals surface area contributed by atoms with Crippen molar-refractivity contribution >= 4 is 5.57 Å². The molecule has 0 aliphatic heterocycles. The Morgan fingerprint density at radius 3 is 2.28 bits per heavy atom. The first kappa shape index (κ1) is 14.0. The van der Waals surface area contributed by atoms with E-state index in [1.165, 1.54) is 16.7 Å². The molecule has 1 aromatic rings. The van der Waals surface area contributed by atoms with E-state index in [4.69, 9.17) is 0 Å². The van der Waals surface area contributed by atoms with Crippen LogP contribution in [0.5, 0.6) is 0 Å². The van der Waals surface area contributed by atoms with E-state index in [9.17, 15) is 0 Å². The average Bonchev–Trinajstić information content (AvgIpc) is 2.37. The smallest absolute Gasteiger partial charge is 0.0152 e. The molecule has 0 bridgehead atoms. The van der Waals surface area contributed by atoms with Crippen molar-refractivity contribution < 1.29 is 0 Å². The maximum atomic E-state index is 3.96. The van der Waals surface area contributed by atoms with Gasteiger partial charge in [0.25, 0.3) is 0 Å². The van der Waals surface area contributed by atoms with Crippen LogP contribution >= 0.6 is 0 Å². The van der Waals surface area contributed by atoms with Crippen molar-refractivity contribution in [1.29, 1.82) is 0 Å². The fourth-order valence-electron chi connectivity index (χ4n) is 1.66. The maximum Gasteiger partial charge on any atom is -0.0152 e. The second kappa shape index (κ2) is 7.29. The second-order valence-corrected chi connectivity index (χ2v) is 4.24. The Hall–Kier alpha value is -2.08. The van der Waals surface area contributed by atoms with E-state index in [0.29, 0.717) is 0 Å². The van der Waals surface area contributed by atoms with Crippen molar-refractivity contribution in [3.05, 3.63) is 90.6 Å². The van der Waals surface area contributed by atoms with Crippen molar-refractivity contribution in [1.82, 2.24) is 0 Å². The minimum atomic E-state index is 1.05. The van der Waals surface area contributed by atoms with Gasteiger partial charge in [0.2, 0.25) is 0 Å². The molecule has 0 amide bonds. The van der Waals surface area contributed by atoms with E-state index in [0.717, 1.165) is 5.57 Å². The molecular formula is C18H20. The monoisotopic (exact) mass is 236 g/mol. The lowest BCUT2D eigenvalue weighted by atomic mass is 9.97. The van der Waals surface area contributed by atoms with E-state index in [1.807, 2.05) is 25.1 Å². The van der Waals surface area contributed by atoms with Gasteiger partial charge in [0.15, 0.2) is 0 Å². The summed E-state index contributed by atoms with van der Waals surface area (Å²) in [6.45, 7) is 11.7. The summed E-state index contributed by atoms with van der Waals surface area (Å²) in [5, 5.41) is 0. The molecule has 0 aliphatic carbocycles. The van der Waals surface area contributed by atoms with Gasteiger partial charge in [-0.05, 0) is 30.6 Å². The number of hydrogen-bond acceptors (Lipinski definition) is 0. The Kier molecular flexibility index (Phi) is 5.66. The third kappa shape index (κ3) is 4.42. The molecule has 0 spiro atoms. The van der Waals surface area contributed by atoms with Crippen LogP contribution in [0.1, 0.15) is 19.4 Å². The van der Waals surface area contributed by atoms with E-state index in [1.54, 1.807) is 6.08 Å². The molecule has 0 heteroatoms. The molecule has 1 aromatic carbocycles. The van der Waals surface area contributed by atoms with Gasteiger partial charge >= 0.3 is 0 Å². The summed E-state index contributed by atoms with van der Waals surface area (Å²) in [6, 6.07) is 10.4. The van der Waals surface area contributed by atoms with E-state index in [2.05, 4.69) is 56.5 Å². The standard InChI is InChI=1S/C18H20/c1-5-6-8-11-16(4)18(14-15(2)3)17-12-9-7-10-13-17/h5-14H,1-2H2,3-4H3/b8-6-,16-11+,18-14-. The van der Waals surface area contributed by atoms with Crippen LogP contribution in [-0.4, -0.2) is 0 Å². The number of hydrogen-bond donors (Lipinski definition) is 0. The second-order valence-electron chi connectivity index (χ2n) is 4.24. The summed E-state index contributed by atoms with van der Waals surface area (Å²) < 4.78 is 0. The van der Waals surface area contributed by atoms with Crippen LogP contribution in [0.4, 0.5) is 0 Å². The van der Waals surface area contributed by atoms with Crippen LogP contribution < -0.4 is 0 Å². The molecule has 0 N–H and O–H groups in total. The summed E-state index contributed by atoms with van der Waals surface area (Å²) in [5.41, 5.74) is 4.68. The SMILES string of the molecule is C=C\C=C/C=C(C)/C(=C/C(=C)C)c1ccccc1. The van der Waals surface area contributed by atoms with Gasteiger partial charge in [-0.15, -0.1) is 0 Å². The Labute approximate surface area is 110 Å². The summed E-state index contributed by atoms with van der Waals surface area (Å²) in [7, 11) is 0. The highest BCUT2D eigenvalue weighted by molar-refractivity contribution is 5.80. The van der Waals surface area contributed by atoms with Crippen molar-refractivity contribution in [3.63, 3.8) is 0 Å². The van der Waals surface area contributed by atoms with Crippen LogP contribution in [0.15, 0.2) is 85.0 Å². The first-order valence-corrected chi connectivity index (χ1v) is 6.04. The molecule has 0 aliphatic rings. The first-order chi connectivity index (χ1) is 8.65. The summed E-state index contributed by atoms with van der Waals surface area (Å²) >= 11 is 0. The molecule has 0 atom stereocenters. The van der Waals surface area contributed by atoms with Crippen LogP contribution in [0, 0.1) is 0 Å². The largest absolute Gasteiger partial charge is 0.0991 e. The number of benzene rings is 1. The lowest BCUT2D eigenvalue weighted by Crippen LogP contribution is -1.87. The van der Waals surface area contributed by atoms with Crippen LogP contribution in [0.3, 0.4) is 0 Å². The van der Waals surface area contributed by atoms with Crippen molar-refractivity contribution in [2.75, 3.05) is 0 Å². The molecule has 1 rings (SSSR count). The van der Waals surface area contributed by atoms with Gasteiger partial charge in [-0.3, -0.25) is 0 Å². The lowest BCUT2D eigenvalue weighted by Gasteiger charge is -2.08. The predicted molar refractivity (Wildman–Crippen MR) is 82.3 cm³/mol. The molecule has 92 valence electrons. The Morgan fingerprint density at radius 1 is 1.06 bits per heavy atom. The normalized spacial score (nSPS) is 12.8. The quantitative estimate of drug-likeness (QED) is 0.606. The molecule has 0 heterocycles. The summed E-state index contributed by atoms with van der Waals surface area (Å²) in [6.07, 6.45) is 9.89. The van der Waals surface area contributed by atoms with Gasteiger partial charge < -0.3 is 0 Å². The zero-order valence-electron chi connectivity index (χ0n) is 11.2. The maximum absolute atomic E-state index is 3.96. The Balaban J connectivity index is 3.15. The minimum Gasteiger partial charge on any atom is -0.0991 e. The molecule has 0 saturated heterocycles. The minimum absolute atomic E-state index is 1.05. The highest BCUT2D eigenvalue weighted by Crippen LogP contribution is 2.24. The Bertz CT molecular complexity index is 496. The predicted octanol–water partition coefficient (Wildman–Crippen LogP) is 5.33. The van der Waals surface area contributed by atoms with Gasteiger partial charge in [0.1, 0.15) is 0 Å². The van der Waals surface area contributed by atoms with Crippen LogP contribution in [-0.2, 0) is 0 Å². The van der Waals surface area contributed by atoms with Gasteiger partial charge in [0.05, 0.1) is 0 Å². The third-order valence-corrected chi connectivity index (χ3v) is 2.49. The van der Waals surface area contributed by atoms with Crippen molar-refractivity contribution in [3.8, 4) is 0 Å². The lowest BCUT2D eigenvalue weighted by molar-refractivity contribution is 1.46. The molecule has 18 heavy (non-hydrogen) atoms. The van der Waals surface area contributed by atoms with Gasteiger partial charge in [-0.25, -0.2) is 0 Å². The average molecular weight is 236 g/mol. The van der Waals surface area contributed by atoms with E-state index >= 15 is 0 Å². The fraction of sp³-hybridized carbons (Fsp3) is 0.111.